The highest BCUT2D eigenvalue weighted by Crippen LogP contribution is 2.25. The molecule has 1 aromatic carbocycles. The van der Waals surface area contributed by atoms with Crippen LogP contribution in [0.25, 0.3) is 0 Å². The Morgan fingerprint density at radius 2 is 1.95 bits per heavy atom. The Bertz CT molecular complexity index is 394. The maximum atomic E-state index is 6.23. The highest BCUT2D eigenvalue weighted by Gasteiger charge is 2.19. The van der Waals surface area contributed by atoms with Gasteiger partial charge in [-0.25, -0.2) is 0 Å². The molecule has 0 saturated carbocycles. The van der Waals surface area contributed by atoms with Gasteiger partial charge in [-0.15, -0.1) is 0 Å². The highest BCUT2D eigenvalue weighted by atomic mass is 35.5. The second kappa shape index (κ2) is 7.10. The van der Waals surface area contributed by atoms with E-state index in [0.717, 1.165) is 43.4 Å². The fraction of sp³-hybridized carbons (Fsp3) is 0.571. The van der Waals surface area contributed by atoms with Crippen molar-refractivity contribution in [2.75, 3.05) is 51.3 Å². The Kier molecular flexibility index (Phi) is 5.45. The number of halogens is 1. The van der Waals surface area contributed by atoms with Gasteiger partial charge >= 0.3 is 0 Å². The van der Waals surface area contributed by atoms with Crippen LogP contribution in [0.2, 0.25) is 5.02 Å². The van der Waals surface area contributed by atoms with Crippen molar-refractivity contribution >= 4 is 17.3 Å². The smallest absolute Gasteiger partial charge is 0.0639 e. The van der Waals surface area contributed by atoms with Gasteiger partial charge < -0.3 is 15.4 Å². The lowest BCUT2D eigenvalue weighted by molar-refractivity contribution is 0.150. The first kappa shape index (κ1) is 14.6. The summed E-state index contributed by atoms with van der Waals surface area (Å²) >= 11 is 6.23. The summed E-state index contributed by atoms with van der Waals surface area (Å²) in [5, 5.41) is 0.826. The maximum Gasteiger partial charge on any atom is 0.0639 e. The summed E-state index contributed by atoms with van der Waals surface area (Å²) in [6.45, 7) is 5.52. The van der Waals surface area contributed by atoms with Crippen LogP contribution >= 0.6 is 11.6 Å². The monoisotopic (exact) mass is 283 g/mol. The molecule has 1 aliphatic heterocycles. The summed E-state index contributed by atoms with van der Waals surface area (Å²) in [6, 6.07) is 8.11. The molecule has 0 bridgehead atoms. The second-order valence-electron chi connectivity index (χ2n) is 4.95. The van der Waals surface area contributed by atoms with Crippen molar-refractivity contribution in [1.29, 1.82) is 0 Å². The fourth-order valence-electron chi connectivity index (χ4n) is 2.48. The molecule has 5 heteroatoms. The lowest BCUT2D eigenvalue weighted by Gasteiger charge is -2.37. The summed E-state index contributed by atoms with van der Waals surface area (Å²) in [6.07, 6.45) is 0. The Balaban J connectivity index is 1.84. The molecule has 0 aliphatic carbocycles. The largest absolute Gasteiger partial charge is 0.383 e. The summed E-state index contributed by atoms with van der Waals surface area (Å²) in [5.41, 5.74) is 7.11. The molecule has 2 rings (SSSR count). The molecule has 1 aromatic rings. The summed E-state index contributed by atoms with van der Waals surface area (Å²) in [5.74, 6) is 0. The molecule has 106 valence electrons. The number of para-hydroxylation sites is 1. The van der Waals surface area contributed by atoms with Crippen LogP contribution in [0.3, 0.4) is 0 Å². The van der Waals surface area contributed by atoms with Crippen LogP contribution in [0, 0.1) is 0 Å². The number of piperazine rings is 1. The standard InChI is InChI=1S/C14H22ClN3O/c1-19-11-12(16)10-17-6-8-18(9-7-17)14-5-3-2-4-13(14)15/h2-5,12H,6-11,16H2,1H3. The van der Waals surface area contributed by atoms with Crippen LogP contribution < -0.4 is 10.6 Å². The SMILES string of the molecule is COCC(N)CN1CCN(c2ccccc2Cl)CC1. The number of nitrogens with zero attached hydrogens (tertiary/aromatic N) is 2. The van der Waals surface area contributed by atoms with Crippen LogP contribution in [0.4, 0.5) is 5.69 Å². The molecule has 0 aromatic heterocycles. The maximum absolute atomic E-state index is 6.23. The zero-order valence-corrected chi connectivity index (χ0v) is 12.1. The molecular formula is C14H22ClN3O. The summed E-state index contributed by atoms with van der Waals surface area (Å²) < 4.78 is 5.07. The normalized spacial score (nSPS) is 18.6. The van der Waals surface area contributed by atoms with Gasteiger partial charge in [0, 0.05) is 45.9 Å². The fourth-order valence-corrected chi connectivity index (χ4v) is 2.73. The first-order valence-electron chi connectivity index (χ1n) is 6.67. The van der Waals surface area contributed by atoms with E-state index in [2.05, 4.69) is 15.9 Å². The van der Waals surface area contributed by atoms with Crippen molar-refractivity contribution in [2.24, 2.45) is 5.73 Å². The lowest BCUT2D eigenvalue weighted by atomic mass is 10.2. The van der Waals surface area contributed by atoms with Crippen LogP contribution in [0.15, 0.2) is 24.3 Å². The average molecular weight is 284 g/mol. The van der Waals surface area contributed by atoms with Gasteiger partial charge in [-0.3, -0.25) is 4.90 Å². The zero-order valence-electron chi connectivity index (χ0n) is 11.4. The van der Waals surface area contributed by atoms with Crippen molar-refractivity contribution in [1.82, 2.24) is 4.90 Å². The number of hydrogen-bond donors (Lipinski definition) is 1. The van der Waals surface area contributed by atoms with Crippen LogP contribution in [0.5, 0.6) is 0 Å². The Labute approximate surface area is 120 Å². The van der Waals surface area contributed by atoms with Crippen molar-refractivity contribution < 1.29 is 4.74 Å². The van der Waals surface area contributed by atoms with Crippen molar-refractivity contribution in [3.05, 3.63) is 29.3 Å². The number of rotatable bonds is 5. The highest BCUT2D eigenvalue weighted by molar-refractivity contribution is 6.33. The minimum absolute atomic E-state index is 0.0943. The number of ether oxygens (including phenoxy) is 1. The first-order valence-corrected chi connectivity index (χ1v) is 7.05. The third-order valence-electron chi connectivity index (χ3n) is 3.44. The number of anilines is 1. The van der Waals surface area contributed by atoms with Gasteiger partial charge in [0.1, 0.15) is 0 Å². The van der Waals surface area contributed by atoms with Crippen LogP contribution in [0.1, 0.15) is 0 Å². The predicted octanol–water partition coefficient (Wildman–Crippen LogP) is 1.44. The Morgan fingerprint density at radius 1 is 1.26 bits per heavy atom. The lowest BCUT2D eigenvalue weighted by Crippen LogP contribution is -2.50. The number of benzene rings is 1. The minimum atomic E-state index is 0.0943. The molecule has 1 aliphatic rings. The van der Waals surface area contributed by atoms with E-state index >= 15 is 0 Å². The topological polar surface area (TPSA) is 41.7 Å². The van der Waals surface area contributed by atoms with Gasteiger partial charge in [0.15, 0.2) is 0 Å². The van der Waals surface area contributed by atoms with Gasteiger partial charge in [-0.1, -0.05) is 23.7 Å². The van der Waals surface area contributed by atoms with E-state index in [1.165, 1.54) is 0 Å². The minimum Gasteiger partial charge on any atom is -0.383 e. The molecule has 2 N–H and O–H groups in total. The number of methoxy groups -OCH3 is 1. The molecule has 4 nitrogen and oxygen atoms in total. The molecule has 19 heavy (non-hydrogen) atoms. The molecular weight excluding hydrogens is 262 g/mol. The van der Waals surface area contributed by atoms with Crippen molar-refractivity contribution in [3.63, 3.8) is 0 Å². The van der Waals surface area contributed by atoms with E-state index in [4.69, 9.17) is 22.1 Å². The van der Waals surface area contributed by atoms with Crippen molar-refractivity contribution in [3.8, 4) is 0 Å². The third-order valence-corrected chi connectivity index (χ3v) is 3.76. The van der Waals surface area contributed by atoms with E-state index in [1.807, 2.05) is 18.2 Å². The van der Waals surface area contributed by atoms with Gasteiger partial charge in [0.2, 0.25) is 0 Å². The van der Waals surface area contributed by atoms with Gasteiger partial charge in [0.05, 0.1) is 17.3 Å². The Morgan fingerprint density at radius 3 is 2.58 bits per heavy atom. The molecule has 1 fully saturated rings. The first-order chi connectivity index (χ1) is 9.20. The summed E-state index contributed by atoms with van der Waals surface area (Å²) in [4.78, 5) is 4.72. The third kappa shape index (κ3) is 4.08. The van der Waals surface area contributed by atoms with E-state index in [1.54, 1.807) is 7.11 Å². The van der Waals surface area contributed by atoms with Gasteiger partial charge in [-0.2, -0.15) is 0 Å². The quantitative estimate of drug-likeness (QED) is 0.888. The van der Waals surface area contributed by atoms with Crippen LogP contribution in [-0.2, 0) is 4.74 Å². The van der Waals surface area contributed by atoms with Crippen LogP contribution in [-0.4, -0.2) is 57.4 Å². The molecule has 1 saturated heterocycles. The second-order valence-corrected chi connectivity index (χ2v) is 5.36. The number of hydrogen-bond acceptors (Lipinski definition) is 4. The molecule has 1 unspecified atom stereocenters. The molecule has 1 atom stereocenters. The van der Waals surface area contributed by atoms with Gasteiger partial charge in [-0.05, 0) is 12.1 Å². The number of nitrogens with two attached hydrogens (primary N) is 1. The molecule has 0 radical (unpaired) electrons. The van der Waals surface area contributed by atoms with E-state index in [-0.39, 0.29) is 6.04 Å². The molecule has 1 heterocycles. The predicted molar refractivity (Wildman–Crippen MR) is 80.0 cm³/mol. The van der Waals surface area contributed by atoms with E-state index < -0.39 is 0 Å². The molecule has 0 spiro atoms. The average Bonchev–Trinajstić information content (AvgIpc) is 2.41. The van der Waals surface area contributed by atoms with E-state index in [9.17, 15) is 0 Å². The van der Waals surface area contributed by atoms with E-state index in [0.29, 0.717) is 6.61 Å². The molecule has 0 amide bonds. The zero-order chi connectivity index (χ0) is 13.7. The van der Waals surface area contributed by atoms with Gasteiger partial charge in [0.25, 0.3) is 0 Å². The Hall–Kier alpha value is -0.810. The van der Waals surface area contributed by atoms with Crippen molar-refractivity contribution in [2.45, 2.75) is 6.04 Å². The summed E-state index contributed by atoms with van der Waals surface area (Å²) in [7, 11) is 1.69.